The van der Waals surface area contributed by atoms with Crippen molar-refractivity contribution in [3.8, 4) is 0 Å². The lowest BCUT2D eigenvalue weighted by molar-refractivity contribution is 0.00927. The molecule has 0 aliphatic carbocycles. The maximum absolute atomic E-state index is 5.83. The average Bonchev–Trinajstić information content (AvgIpc) is 2.79. The summed E-state index contributed by atoms with van der Waals surface area (Å²) in [4.78, 5) is 9.28. The second-order valence-corrected chi connectivity index (χ2v) is 5.98. The minimum Gasteiger partial charge on any atom is -0.369 e. The molecule has 1 unspecified atom stereocenters. The fourth-order valence-corrected chi connectivity index (χ4v) is 2.54. The lowest BCUT2D eigenvalue weighted by Gasteiger charge is -2.23. The molecule has 0 bridgehead atoms. The van der Waals surface area contributed by atoms with Crippen molar-refractivity contribution in [1.29, 1.82) is 0 Å². The van der Waals surface area contributed by atoms with Crippen LogP contribution in [0.25, 0.3) is 0 Å². The Hall–Kier alpha value is -0.430. The van der Waals surface area contributed by atoms with Crippen molar-refractivity contribution in [2.24, 2.45) is 0 Å². The van der Waals surface area contributed by atoms with E-state index >= 15 is 0 Å². The van der Waals surface area contributed by atoms with Gasteiger partial charge in [-0.3, -0.25) is 0 Å². The zero-order chi connectivity index (χ0) is 13.2. The zero-order valence-corrected chi connectivity index (χ0v) is 13.4. The van der Waals surface area contributed by atoms with Gasteiger partial charge in [-0.15, -0.1) is 0 Å². The number of aromatic nitrogens is 2. The quantitative estimate of drug-likeness (QED) is 0.837. The maximum Gasteiger partial charge on any atom is 0.162 e. The van der Waals surface area contributed by atoms with E-state index in [4.69, 9.17) is 4.74 Å². The second kappa shape index (κ2) is 5.69. The Morgan fingerprint density at radius 1 is 1.44 bits per heavy atom. The zero-order valence-electron chi connectivity index (χ0n) is 11.2. The summed E-state index contributed by atoms with van der Waals surface area (Å²) in [5.41, 5.74) is 0.716. The van der Waals surface area contributed by atoms with E-state index in [2.05, 4.69) is 51.7 Å². The van der Waals surface area contributed by atoms with Crippen molar-refractivity contribution in [1.82, 2.24) is 9.97 Å². The summed E-state index contributed by atoms with van der Waals surface area (Å²) in [5.74, 6) is 1.76. The Kier molecular flexibility index (Phi) is 4.42. The molecule has 5 heteroatoms. The molecule has 18 heavy (non-hydrogen) atoms. The number of hydrogen-bond donors (Lipinski definition) is 1. The number of hydrogen-bond acceptors (Lipinski definition) is 4. The first-order valence-corrected chi connectivity index (χ1v) is 7.57. The van der Waals surface area contributed by atoms with Crippen LogP contribution in [0.4, 0.5) is 5.82 Å². The van der Waals surface area contributed by atoms with Crippen molar-refractivity contribution in [2.45, 2.75) is 45.6 Å². The highest BCUT2D eigenvalue weighted by Gasteiger charge is 2.35. The van der Waals surface area contributed by atoms with E-state index in [-0.39, 0.29) is 5.60 Å². The second-order valence-electron chi connectivity index (χ2n) is 4.90. The number of rotatable bonds is 4. The van der Waals surface area contributed by atoms with Crippen LogP contribution in [0, 0.1) is 10.5 Å². The van der Waals surface area contributed by atoms with Crippen LogP contribution >= 0.6 is 22.6 Å². The molecular formula is C13H20IN3O. The Labute approximate surface area is 122 Å². The summed E-state index contributed by atoms with van der Waals surface area (Å²) in [6, 6.07) is 0. The summed E-state index contributed by atoms with van der Waals surface area (Å²) in [6.45, 7) is 8.01. The first-order valence-electron chi connectivity index (χ1n) is 6.49. The minimum atomic E-state index is -0.308. The van der Waals surface area contributed by atoms with E-state index in [0.29, 0.717) is 0 Å². The molecule has 2 rings (SSSR count). The van der Waals surface area contributed by atoms with E-state index in [1.807, 2.05) is 6.92 Å². The largest absolute Gasteiger partial charge is 0.369 e. The third-order valence-corrected chi connectivity index (χ3v) is 4.54. The van der Waals surface area contributed by atoms with Crippen LogP contribution in [-0.4, -0.2) is 23.1 Å². The average molecular weight is 361 g/mol. The van der Waals surface area contributed by atoms with Gasteiger partial charge in [0.1, 0.15) is 11.4 Å². The Bertz CT molecular complexity index is 430. The molecule has 2 heterocycles. The lowest BCUT2D eigenvalue weighted by atomic mass is 10.0. The van der Waals surface area contributed by atoms with Crippen LogP contribution in [-0.2, 0) is 10.3 Å². The van der Waals surface area contributed by atoms with Gasteiger partial charge < -0.3 is 10.1 Å². The van der Waals surface area contributed by atoms with E-state index in [0.717, 1.165) is 53.3 Å². The van der Waals surface area contributed by atoms with Gasteiger partial charge in [-0.1, -0.05) is 6.92 Å². The Balaban J connectivity index is 2.34. The number of halogens is 1. The first kappa shape index (κ1) is 14.0. The maximum atomic E-state index is 5.83. The highest BCUT2D eigenvalue weighted by atomic mass is 127. The summed E-state index contributed by atoms with van der Waals surface area (Å²) in [5, 5.41) is 3.37. The molecule has 1 atom stereocenters. The molecule has 1 aromatic rings. The topological polar surface area (TPSA) is 47.0 Å². The van der Waals surface area contributed by atoms with Gasteiger partial charge in [0.15, 0.2) is 5.82 Å². The number of nitrogens with one attached hydrogen (secondary N) is 1. The molecule has 0 saturated carbocycles. The van der Waals surface area contributed by atoms with Gasteiger partial charge in [-0.25, -0.2) is 9.97 Å². The van der Waals surface area contributed by atoms with E-state index in [1.165, 1.54) is 0 Å². The van der Waals surface area contributed by atoms with E-state index in [9.17, 15) is 0 Å². The van der Waals surface area contributed by atoms with Gasteiger partial charge in [0.25, 0.3) is 0 Å². The number of aryl methyl sites for hydroxylation is 1. The van der Waals surface area contributed by atoms with Gasteiger partial charge in [-0.2, -0.15) is 0 Å². The molecule has 1 aromatic heterocycles. The van der Waals surface area contributed by atoms with Crippen LogP contribution in [0.15, 0.2) is 0 Å². The number of ether oxygens (including phenoxy) is 1. The van der Waals surface area contributed by atoms with E-state index < -0.39 is 0 Å². The van der Waals surface area contributed by atoms with Crippen LogP contribution in [0.2, 0.25) is 0 Å². The fraction of sp³-hybridized carbons (Fsp3) is 0.692. The van der Waals surface area contributed by atoms with E-state index in [1.54, 1.807) is 0 Å². The fourth-order valence-electron chi connectivity index (χ4n) is 2.11. The Morgan fingerprint density at radius 2 is 2.22 bits per heavy atom. The standard InChI is InChI=1S/C13H20IN3O/c1-4-7-15-11-10(14)9(2)16-12(17-11)13(3)6-5-8-18-13/h4-8H2,1-3H3,(H,15,16,17). The predicted octanol–water partition coefficient (Wildman–Crippen LogP) is 3.24. The van der Waals surface area contributed by atoms with Crippen LogP contribution in [0.5, 0.6) is 0 Å². The van der Waals surface area contributed by atoms with Gasteiger partial charge in [0, 0.05) is 13.2 Å². The Morgan fingerprint density at radius 3 is 2.83 bits per heavy atom. The number of nitrogens with zero attached hydrogens (tertiary/aromatic N) is 2. The van der Waals surface area contributed by atoms with Crippen LogP contribution in [0.1, 0.15) is 44.6 Å². The monoisotopic (exact) mass is 361 g/mol. The molecule has 0 radical (unpaired) electrons. The number of anilines is 1. The van der Waals surface area contributed by atoms with Gasteiger partial charge in [0.2, 0.25) is 0 Å². The van der Waals surface area contributed by atoms with Gasteiger partial charge in [0.05, 0.1) is 9.26 Å². The SMILES string of the molecule is CCCNc1nc(C2(C)CCCO2)nc(C)c1I. The minimum absolute atomic E-state index is 0.308. The van der Waals surface area contributed by atoms with Crippen molar-refractivity contribution < 1.29 is 4.74 Å². The van der Waals surface area contributed by atoms with Gasteiger partial charge in [-0.05, 0) is 55.7 Å². The molecule has 4 nitrogen and oxygen atoms in total. The molecule has 1 aliphatic rings. The van der Waals surface area contributed by atoms with Crippen LogP contribution < -0.4 is 5.32 Å². The van der Waals surface area contributed by atoms with Crippen molar-refractivity contribution in [2.75, 3.05) is 18.5 Å². The molecule has 0 amide bonds. The smallest absolute Gasteiger partial charge is 0.162 e. The molecule has 1 saturated heterocycles. The molecule has 100 valence electrons. The van der Waals surface area contributed by atoms with Crippen molar-refractivity contribution >= 4 is 28.4 Å². The third-order valence-electron chi connectivity index (χ3n) is 3.25. The van der Waals surface area contributed by atoms with Crippen LogP contribution in [0.3, 0.4) is 0 Å². The van der Waals surface area contributed by atoms with Gasteiger partial charge >= 0.3 is 0 Å². The summed E-state index contributed by atoms with van der Waals surface area (Å²) >= 11 is 2.30. The summed E-state index contributed by atoms with van der Waals surface area (Å²) in [7, 11) is 0. The predicted molar refractivity (Wildman–Crippen MR) is 80.8 cm³/mol. The summed E-state index contributed by atoms with van der Waals surface area (Å²) in [6.07, 6.45) is 3.17. The lowest BCUT2D eigenvalue weighted by Crippen LogP contribution is -2.25. The molecule has 1 N–H and O–H groups in total. The molecule has 0 aromatic carbocycles. The normalized spacial score (nSPS) is 23.3. The highest BCUT2D eigenvalue weighted by molar-refractivity contribution is 14.1. The summed E-state index contributed by atoms with van der Waals surface area (Å²) < 4.78 is 6.93. The van der Waals surface area contributed by atoms with Crippen molar-refractivity contribution in [3.05, 3.63) is 15.1 Å². The van der Waals surface area contributed by atoms with Crippen molar-refractivity contribution in [3.63, 3.8) is 0 Å². The molecular weight excluding hydrogens is 341 g/mol. The molecule has 1 aliphatic heterocycles. The first-order chi connectivity index (χ1) is 8.57. The molecule has 1 fully saturated rings. The molecule has 0 spiro atoms. The highest BCUT2D eigenvalue weighted by Crippen LogP contribution is 2.34. The third kappa shape index (κ3) is 2.77.